The van der Waals surface area contributed by atoms with E-state index in [4.69, 9.17) is 4.42 Å². The Morgan fingerprint density at radius 1 is 1.32 bits per heavy atom. The van der Waals surface area contributed by atoms with E-state index in [2.05, 4.69) is 26.1 Å². The third-order valence-corrected chi connectivity index (χ3v) is 3.41. The molecule has 0 aliphatic heterocycles. The van der Waals surface area contributed by atoms with Gasteiger partial charge < -0.3 is 9.73 Å². The van der Waals surface area contributed by atoms with E-state index in [9.17, 15) is 4.39 Å². The van der Waals surface area contributed by atoms with Crippen molar-refractivity contribution in [2.75, 3.05) is 6.54 Å². The molecule has 0 amide bonds. The fourth-order valence-electron chi connectivity index (χ4n) is 2.55. The third-order valence-electron chi connectivity index (χ3n) is 3.41. The van der Waals surface area contributed by atoms with E-state index in [0.717, 1.165) is 35.3 Å². The number of hydrogen-bond acceptors (Lipinski definition) is 2. The molecule has 0 saturated carbocycles. The zero-order chi connectivity index (χ0) is 14.0. The maximum atomic E-state index is 13.3. The monoisotopic (exact) mass is 263 g/mol. The van der Waals surface area contributed by atoms with Gasteiger partial charge in [-0.25, -0.2) is 4.39 Å². The molecule has 0 spiro atoms. The Hall–Kier alpha value is -1.35. The van der Waals surface area contributed by atoms with Gasteiger partial charge in [0.05, 0.1) is 6.04 Å². The molecule has 1 unspecified atom stereocenters. The summed E-state index contributed by atoms with van der Waals surface area (Å²) in [7, 11) is 0. The molecule has 0 saturated heterocycles. The second-order valence-electron chi connectivity index (χ2n) is 5.47. The lowest BCUT2D eigenvalue weighted by atomic mass is 9.99. The van der Waals surface area contributed by atoms with Crippen LogP contribution >= 0.6 is 0 Å². The molecule has 1 heterocycles. The topological polar surface area (TPSA) is 25.2 Å². The molecule has 0 radical (unpaired) electrons. The highest BCUT2D eigenvalue weighted by atomic mass is 19.1. The van der Waals surface area contributed by atoms with E-state index < -0.39 is 0 Å². The summed E-state index contributed by atoms with van der Waals surface area (Å²) in [6, 6.07) is 4.90. The summed E-state index contributed by atoms with van der Waals surface area (Å²) in [5.74, 6) is 1.30. The van der Waals surface area contributed by atoms with Crippen LogP contribution in [0.3, 0.4) is 0 Å². The number of aryl methyl sites for hydroxylation is 1. The molecule has 104 valence electrons. The Balaban J connectivity index is 2.44. The Labute approximate surface area is 114 Å². The lowest BCUT2D eigenvalue weighted by Crippen LogP contribution is -2.22. The molecule has 0 bridgehead atoms. The molecule has 1 aromatic heterocycles. The van der Waals surface area contributed by atoms with Gasteiger partial charge in [-0.1, -0.05) is 20.8 Å². The van der Waals surface area contributed by atoms with Gasteiger partial charge >= 0.3 is 0 Å². The van der Waals surface area contributed by atoms with Crippen LogP contribution in [-0.4, -0.2) is 6.54 Å². The molecule has 3 heteroatoms. The smallest absolute Gasteiger partial charge is 0.134 e. The van der Waals surface area contributed by atoms with Crippen LogP contribution in [0.15, 0.2) is 22.6 Å². The van der Waals surface area contributed by atoms with Gasteiger partial charge in [-0.2, -0.15) is 0 Å². The van der Waals surface area contributed by atoms with Crippen molar-refractivity contribution in [1.82, 2.24) is 5.32 Å². The minimum atomic E-state index is -0.216. The fraction of sp³-hybridized carbons (Fsp3) is 0.500. The van der Waals surface area contributed by atoms with Gasteiger partial charge in [0.25, 0.3) is 0 Å². The van der Waals surface area contributed by atoms with Crippen LogP contribution in [0.25, 0.3) is 11.0 Å². The van der Waals surface area contributed by atoms with Crippen molar-refractivity contribution in [2.24, 2.45) is 5.92 Å². The van der Waals surface area contributed by atoms with Gasteiger partial charge in [0, 0.05) is 10.9 Å². The first kappa shape index (κ1) is 14.1. The van der Waals surface area contributed by atoms with Gasteiger partial charge in [-0.15, -0.1) is 0 Å². The molecule has 2 aromatic rings. The van der Waals surface area contributed by atoms with Crippen LogP contribution in [0.4, 0.5) is 4.39 Å². The van der Waals surface area contributed by atoms with Gasteiger partial charge in [0.2, 0.25) is 0 Å². The largest absolute Gasteiger partial charge is 0.459 e. The average Bonchev–Trinajstić information content (AvgIpc) is 2.66. The summed E-state index contributed by atoms with van der Waals surface area (Å²) in [4.78, 5) is 0. The molecule has 2 nitrogen and oxygen atoms in total. The first-order chi connectivity index (χ1) is 9.02. The summed E-state index contributed by atoms with van der Waals surface area (Å²) >= 11 is 0. The Morgan fingerprint density at radius 2 is 2.05 bits per heavy atom. The normalized spacial score (nSPS) is 13.4. The third kappa shape index (κ3) is 2.98. The van der Waals surface area contributed by atoms with Crippen LogP contribution in [0.5, 0.6) is 0 Å². The minimum absolute atomic E-state index is 0.195. The van der Waals surface area contributed by atoms with Crippen molar-refractivity contribution in [1.29, 1.82) is 0 Å². The molecule has 0 aliphatic carbocycles. The van der Waals surface area contributed by atoms with E-state index in [1.165, 1.54) is 6.07 Å². The van der Waals surface area contributed by atoms with Crippen LogP contribution < -0.4 is 5.32 Å². The van der Waals surface area contributed by atoms with E-state index in [1.807, 2.05) is 6.92 Å². The molecule has 0 aliphatic rings. The highest BCUT2D eigenvalue weighted by molar-refractivity contribution is 5.82. The Bertz CT molecular complexity index is 559. The molecule has 1 aromatic carbocycles. The van der Waals surface area contributed by atoms with Crippen molar-refractivity contribution in [2.45, 2.75) is 40.2 Å². The number of nitrogens with one attached hydrogen (secondary N) is 1. The van der Waals surface area contributed by atoms with Crippen LogP contribution in [-0.2, 0) is 0 Å². The minimum Gasteiger partial charge on any atom is -0.459 e. The number of hydrogen-bond donors (Lipinski definition) is 1. The van der Waals surface area contributed by atoms with Crippen molar-refractivity contribution >= 4 is 11.0 Å². The van der Waals surface area contributed by atoms with Gasteiger partial charge in [0.15, 0.2) is 0 Å². The van der Waals surface area contributed by atoms with E-state index in [1.54, 1.807) is 12.1 Å². The highest BCUT2D eigenvalue weighted by Crippen LogP contribution is 2.32. The predicted molar refractivity (Wildman–Crippen MR) is 76.8 cm³/mol. The lowest BCUT2D eigenvalue weighted by molar-refractivity contribution is 0.374. The van der Waals surface area contributed by atoms with Crippen molar-refractivity contribution in [3.63, 3.8) is 0 Å². The van der Waals surface area contributed by atoms with Gasteiger partial charge in [-0.05, 0) is 44.0 Å². The molecule has 1 N–H and O–H groups in total. The number of fused-ring (bicyclic) bond motifs is 1. The predicted octanol–water partition coefficient (Wildman–Crippen LogP) is 4.58. The average molecular weight is 263 g/mol. The number of benzene rings is 1. The van der Waals surface area contributed by atoms with Gasteiger partial charge in [0.1, 0.15) is 17.2 Å². The summed E-state index contributed by atoms with van der Waals surface area (Å²) < 4.78 is 19.3. The Morgan fingerprint density at radius 3 is 2.68 bits per heavy atom. The van der Waals surface area contributed by atoms with Crippen molar-refractivity contribution in [3.8, 4) is 0 Å². The summed E-state index contributed by atoms with van der Waals surface area (Å²) in [6.07, 6.45) is 1.01. The first-order valence-corrected chi connectivity index (χ1v) is 6.94. The maximum absolute atomic E-state index is 13.3. The standard InChI is InChI=1S/C16H22FNO/c1-5-18-14(8-10(2)3)16-11(4)13-9-12(17)6-7-15(13)19-16/h6-7,9-10,14,18H,5,8H2,1-4H3. The second-order valence-corrected chi connectivity index (χ2v) is 5.47. The van der Waals surface area contributed by atoms with Gasteiger partial charge in [-0.3, -0.25) is 0 Å². The number of halogens is 1. The molecular formula is C16H22FNO. The van der Waals surface area contributed by atoms with Crippen LogP contribution in [0, 0.1) is 18.7 Å². The zero-order valence-corrected chi connectivity index (χ0v) is 12.1. The first-order valence-electron chi connectivity index (χ1n) is 6.94. The van der Waals surface area contributed by atoms with Crippen LogP contribution in [0.1, 0.15) is 44.6 Å². The van der Waals surface area contributed by atoms with E-state index in [-0.39, 0.29) is 11.9 Å². The van der Waals surface area contributed by atoms with Crippen LogP contribution in [0.2, 0.25) is 0 Å². The van der Waals surface area contributed by atoms with E-state index >= 15 is 0 Å². The SMILES string of the molecule is CCNC(CC(C)C)c1oc2ccc(F)cc2c1C. The Kier molecular flexibility index (Phi) is 4.25. The lowest BCUT2D eigenvalue weighted by Gasteiger charge is -2.18. The van der Waals surface area contributed by atoms with Crippen molar-refractivity contribution in [3.05, 3.63) is 35.3 Å². The summed E-state index contributed by atoms with van der Waals surface area (Å²) in [5, 5.41) is 4.34. The molecule has 0 fully saturated rings. The molecular weight excluding hydrogens is 241 g/mol. The zero-order valence-electron chi connectivity index (χ0n) is 12.1. The quantitative estimate of drug-likeness (QED) is 0.854. The maximum Gasteiger partial charge on any atom is 0.134 e. The molecule has 1 atom stereocenters. The molecule has 19 heavy (non-hydrogen) atoms. The summed E-state index contributed by atoms with van der Waals surface area (Å²) in [5.41, 5.74) is 1.81. The van der Waals surface area contributed by atoms with Crippen molar-refractivity contribution < 1.29 is 8.81 Å². The number of rotatable bonds is 5. The fourth-order valence-corrected chi connectivity index (χ4v) is 2.55. The molecule has 2 rings (SSSR count). The van der Waals surface area contributed by atoms with E-state index in [0.29, 0.717) is 5.92 Å². The highest BCUT2D eigenvalue weighted by Gasteiger charge is 2.20. The second kappa shape index (κ2) is 5.74. The number of furan rings is 1. The summed E-state index contributed by atoms with van der Waals surface area (Å²) in [6.45, 7) is 9.38.